The number of carbonyl (C=O) groups excluding carboxylic acids is 2. The Kier molecular flexibility index (Phi) is 7.02. The summed E-state index contributed by atoms with van der Waals surface area (Å²) in [4.78, 5) is 24.3. The van der Waals surface area contributed by atoms with E-state index in [1.54, 1.807) is 24.3 Å². The van der Waals surface area contributed by atoms with Gasteiger partial charge >= 0.3 is 0 Å². The number of anilines is 2. The van der Waals surface area contributed by atoms with E-state index in [0.29, 0.717) is 29.3 Å². The predicted molar refractivity (Wildman–Crippen MR) is 104 cm³/mol. The fourth-order valence-electron chi connectivity index (χ4n) is 2.34. The number of benzene rings is 2. The van der Waals surface area contributed by atoms with E-state index in [1.807, 2.05) is 45.0 Å². The lowest BCUT2D eigenvalue weighted by Crippen LogP contribution is -2.30. The van der Waals surface area contributed by atoms with Crippen molar-refractivity contribution in [3.63, 3.8) is 0 Å². The molecule has 138 valence electrons. The lowest BCUT2D eigenvalue weighted by molar-refractivity contribution is -0.114. The average molecular weight is 355 g/mol. The van der Waals surface area contributed by atoms with Gasteiger partial charge in [0.05, 0.1) is 18.8 Å². The maximum atomic E-state index is 12.2. The third kappa shape index (κ3) is 5.81. The number of amides is 2. The van der Waals surface area contributed by atoms with Crippen molar-refractivity contribution < 1.29 is 14.3 Å². The summed E-state index contributed by atoms with van der Waals surface area (Å²) < 4.78 is 5.49. The second kappa shape index (κ2) is 9.46. The minimum absolute atomic E-state index is 0.0651. The van der Waals surface area contributed by atoms with Crippen molar-refractivity contribution in [3.05, 3.63) is 54.1 Å². The second-order valence-electron chi connectivity index (χ2n) is 6.04. The first kappa shape index (κ1) is 19.3. The van der Waals surface area contributed by atoms with Gasteiger partial charge in [0, 0.05) is 17.3 Å². The fraction of sp³-hybridized carbons (Fsp3) is 0.300. The zero-order valence-electron chi connectivity index (χ0n) is 15.3. The number of hydrogen-bond acceptors (Lipinski definition) is 4. The van der Waals surface area contributed by atoms with Crippen LogP contribution in [0.3, 0.4) is 0 Å². The topological polar surface area (TPSA) is 79.5 Å². The van der Waals surface area contributed by atoms with Gasteiger partial charge in [-0.1, -0.05) is 18.2 Å². The van der Waals surface area contributed by atoms with Crippen molar-refractivity contribution in [2.45, 2.75) is 26.8 Å². The highest BCUT2D eigenvalue weighted by atomic mass is 16.5. The third-order valence-corrected chi connectivity index (χ3v) is 3.46. The van der Waals surface area contributed by atoms with Crippen LogP contribution in [0.1, 0.15) is 31.1 Å². The molecule has 3 N–H and O–H groups in total. The maximum absolute atomic E-state index is 12.2. The number of carbonyl (C=O) groups is 2. The van der Waals surface area contributed by atoms with Crippen molar-refractivity contribution >= 4 is 23.2 Å². The minimum Gasteiger partial charge on any atom is -0.492 e. The molecule has 6 heteroatoms. The lowest BCUT2D eigenvalue weighted by atomic mass is 10.1. The van der Waals surface area contributed by atoms with Gasteiger partial charge in [-0.3, -0.25) is 9.59 Å². The number of rotatable bonds is 8. The molecule has 2 aromatic carbocycles. The SMILES string of the molecule is CCOc1ccccc1NC(=O)CNc1cccc(C(=O)NC(C)C)c1. The molecule has 0 saturated heterocycles. The fourth-order valence-corrected chi connectivity index (χ4v) is 2.34. The quantitative estimate of drug-likeness (QED) is 0.679. The van der Waals surface area contributed by atoms with Crippen LogP contribution in [-0.4, -0.2) is 31.0 Å². The Bertz CT molecular complexity index is 759. The van der Waals surface area contributed by atoms with Gasteiger partial charge < -0.3 is 20.7 Å². The summed E-state index contributed by atoms with van der Waals surface area (Å²) in [6.07, 6.45) is 0. The number of ether oxygens (including phenoxy) is 1. The van der Waals surface area contributed by atoms with Crippen LogP contribution in [0.25, 0.3) is 0 Å². The van der Waals surface area contributed by atoms with Crippen molar-refractivity contribution in [3.8, 4) is 5.75 Å². The highest BCUT2D eigenvalue weighted by molar-refractivity contribution is 5.96. The van der Waals surface area contributed by atoms with Gasteiger partial charge in [-0.2, -0.15) is 0 Å². The molecule has 2 rings (SSSR count). The molecule has 6 nitrogen and oxygen atoms in total. The molecule has 0 aliphatic carbocycles. The van der Waals surface area contributed by atoms with Crippen LogP contribution >= 0.6 is 0 Å². The molecule has 0 radical (unpaired) electrons. The minimum atomic E-state index is -0.200. The summed E-state index contributed by atoms with van der Waals surface area (Å²) in [5.41, 5.74) is 1.88. The first-order valence-corrected chi connectivity index (χ1v) is 8.66. The molecule has 0 saturated carbocycles. The van der Waals surface area contributed by atoms with Gasteiger partial charge in [0.25, 0.3) is 5.91 Å². The third-order valence-electron chi connectivity index (χ3n) is 3.46. The molecule has 0 unspecified atom stereocenters. The van der Waals surface area contributed by atoms with Crippen molar-refractivity contribution in [1.29, 1.82) is 0 Å². The van der Waals surface area contributed by atoms with Crippen LogP contribution in [0.4, 0.5) is 11.4 Å². The lowest BCUT2D eigenvalue weighted by Gasteiger charge is -2.13. The van der Waals surface area contributed by atoms with Crippen molar-refractivity contribution in [2.75, 3.05) is 23.8 Å². The van der Waals surface area contributed by atoms with Gasteiger partial charge in [0.1, 0.15) is 5.75 Å². The van der Waals surface area contributed by atoms with Crippen LogP contribution in [0.2, 0.25) is 0 Å². The van der Waals surface area contributed by atoms with Crippen LogP contribution in [-0.2, 0) is 4.79 Å². The summed E-state index contributed by atoms with van der Waals surface area (Å²) in [6.45, 7) is 6.31. The zero-order chi connectivity index (χ0) is 18.9. The standard InChI is InChI=1S/C20H25N3O3/c1-4-26-18-11-6-5-10-17(18)23-19(24)13-21-16-9-7-8-15(12-16)20(25)22-14(2)3/h5-12,14,21H,4,13H2,1-3H3,(H,22,25)(H,23,24). The summed E-state index contributed by atoms with van der Waals surface area (Å²) >= 11 is 0. The Hall–Kier alpha value is -3.02. The second-order valence-corrected chi connectivity index (χ2v) is 6.04. The summed E-state index contributed by atoms with van der Waals surface area (Å²) in [6, 6.07) is 14.4. The van der Waals surface area contributed by atoms with Gasteiger partial charge in [-0.05, 0) is 51.1 Å². The van der Waals surface area contributed by atoms with E-state index in [1.165, 1.54) is 0 Å². The van der Waals surface area contributed by atoms with Crippen LogP contribution in [0.5, 0.6) is 5.75 Å². The van der Waals surface area contributed by atoms with Gasteiger partial charge in [-0.15, -0.1) is 0 Å². The van der Waals surface area contributed by atoms with Crippen LogP contribution in [0.15, 0.2) is 48.5 Å². The molecule has 0 bridgehead atoms. The molecule has 2 amide bonds. The highest BCUT2D eigenvalue weighted by Gasteiger charge is 2.09. The molecular weight excluding hydrogens is 330 g/mol. The Morgan fingerprint density at radius 1 is 1.08 bits per heavy atom. The van der Waals surface area contributed by atoms with E-state index in [2.05, 4.69) is 16.0 Å². The van der Waals surface area contributed by atoms with Gasteiger partial charge in [0.2, 0.25) is 5.91 Å². The summed E-state index contributed by atoms with van der Waals surface area (Å²) in [5.74, 6) is 0.295. The highest BCUT2D eigenvalue weighted by Crippen LogP contribution is 2.23. The summed E-state index contributed by atoms with van der Waals surface area (Å²) in [5, 5.41) is 8.70. The molecule has 0 heterocycles. The molecular formula is C20H25N3O3. The zero-order valence-corrected chi connectivity index (χ0v) is 15.3. The Morgan fingerprint density at radius 3 is 2.58 bits per heavy atom. The van der Waals surface area contributed by atoms with Crippen LogP contribution < -0.4 is 20.7 Å². The molecule has 0 aliphatic rings. The normalized spacial score (nSPS) is 10.3. The Labute approximate surface area is 153 Å². The van der Waals surface area contributed by atoms with Gasteiger partial charge in [-0.25, -0.2) is 0 Å². The van der Waals surface area contributed by atoms with Gasteiger partial charge in [0.15, 0.2) is 0 Å². The van der Waals surface area contributed by atoms with Crippen molar-refractivity contribution in [1.82, 2.24) is 5.32 Å². The number of hydrogen-bond donors (Lipinski definition) is 3. The monoisotopic (exact) mass is 355 g/mol. The molecule has 0 spiro atoms. The van der Waals surface area contributed by atoms with E-state index < -0.39 is 0 Å². The molecule has 26 heavy (non-hydrogen) atoms. The van der Waals surface area contributed by atoms with Crippen LogP contribution in [0, 0.1) is 0 Å². The van der Waals surface area contributed by atoms with E-state index in [0.717, 1.165) is 0 Å². The number of nitrogens with one attached hydrogen (secondary N) is 3. The van der Waals surface area contributed by atoms with E-state index in [4.69, 9.17) is 4.74 Å². The largest absolute Gasteiger partial charge is 0.492 e. The van der Waals surface area contributed by atoms with E-state index in [9.17, 15) is 9.59 Å². The van der Waals surface area contributed by atoms with E-state index >= 15 is 0 Å². The Morgan fingerprint density at radius 2 is 1.85 bits per heavy atom. The molecule has 0 aromatic heterocycles. The average Bonchev–Trinajstić information content (AvgIpc) is 2.61. The molecule has 0 atom stereocenters. The smallest absolute Gasteiger partial charge is 0.251 e. The Balaban J connectivity index is 1.94. The maximum Gasteiger partial charge on any atom is 0.251 e. The molecule has 0 aliphatic heterocycles. The van der Waals surface area contributed by atoms with Crippen molar-refractivity contribution in [2.24, 2.45) is 0 Å². The van der Waals surface area contributed by atoms with E-state index in [-0.39, 0.29) is 24.4 Å². The first-order valence-electron chi connectivity index (χ1n) is 8.66. The predicted octanol–water partition coefficient (Wildman–Crippen LogP) is 3.27. The number of para-hydroxylation sites is 2. The molecule has 0 fully saturated rings. The summed E-state index contributed by atoms with van der Waals surface area (Å²) in [7, 11) is 0. The molecule has 2 aromatic rings. The first-order chi connectivity index (χ1) is 12.5.